The fraction of sp³-hybridized carbons (Fsp3) is 0.200. The second kappa shape index (κ2) is 6.18. The molecule has 0 saturated carbocycles. The van der Waals surface area contributed by atoms with Crippen molar-refractivity contribution in [3.63, 3.8) is 0 Å². The second-order valence-electron chi connectivity index (χ2n) is 4.06. The molecule has 2 nitrogen and oxygen atoms in total. The summed E-state index contributed by atoms with van der Waals surface area (Å²) in [5, 5.41) is 1.14. The minimum Gasteiger partial charge on any atom is -0.490 e. The van der Waals surface area contributed by atoms with Crippen LogP contribution in [0.4, 0.5) is 0 Å². The molecule has 100 valence electrons. The van der Waals surface area contributed by atoms with Gasteiger partial charge in [-0.2, -0.15) is 0 Å². The first-order valence-corrected chi connectivity index (χ1v) is 6.72. The van der Waals surface area contributed by atoms with Gasteiger partial charge in [-0.1, -0.05) is 29.3 Å². The monoisotopic (exact) mass is 296 g/mol. The lowest BCUT2D eigenvalue weighted by molar-refractivity contribution is 0.321. The Morgan fingerprint density at radius 1 is 0.947 bits per heavy atom. The van der Waals surface area contributed by atoms with Crippen LogP contribution in [-0.2, 0) is 0 Å². The lowest BCUT2D eigenvalue weighted by Gasteiger charge is -2.13. The summed E-state index contributed by atoms with van der Waals surface area (Å²) in [6.45, 7) is 4.44. The molecule has 2 aromatic rings. The third-order valence-electron chi connectivity index (χ3n) is 2.51. The van der Waals surface area contributed by atoms with E-state index in [1.165, 1.54) is 0 Å². The molecule has 0 aliphatic heterocycles. The first kappa shape index (κ1) is 14.0. The Morgan fingerprint density at radius 3 is 2.37 bits per heavy atom. The number of hydrogen-bond donors (Lipinski definition) is 0. The van der Waals surface area contributed by atoms with Crippen LogP contribution in [-0.4, -0.2) is 6.61 Å². The normalized spacial score (nSPS) is 10.3. The van der Waals surface area contributed by atoms with Crippen LogP contribution in [0.5, 0.6) is 17.2 Å². The van der Waals surface area contributed by atoms with E-state index in [4.69, 9.17) is 32.7 Å². The highest BCUT2D eigenvalue weighted by Crippen LogP contribution is 2.37. The highest BCUT2D eigenvalue weighted by atomic mass is 35.5. The molecule has 19 heavy (non-hydrogen) atoms. The van der Waals surface area contributed by atoms with E-state index in [9.17, 15) is 0 Å². The van der Waals surface area contributed by atoms with Gasteiger partial charge in [-0.15, -0.1) is 0 Å². The van der Waals surface area contributed by atoms with Gasteiger partial charge >= 0.3 is 0 Å². The van der Waals surface area contributed by atoms with E-state index in [1.54, 1.807) is 18.2 Å². The third kappa shape index (κ3) is 3.55. The predicted molar refractivity (Wildman–Crippen MR) is 78.9 cm³/mol. The highest BCUT2D eigenvalue weighted by molar-refractivity contribution is 6.32. The van der Waals surface area contributed by atoms with E-state index in [-0.39, 0.29) is 0 Å². The van der Waals surface area contributed by atoms with Crippen molar-refractivity contribution in [2.24, 2.45) is 0 Å². The number of hydrogen-bond acceptors (Lipinski definition) is 2. The van der Waals surface area contributed by atoms with Gasteiger partial charge in [0.2, 0.25) is 0 Å². The Labute approximate surface area is 122 Å². The van der Waals surface area contributed by atoms with E-state index in [0.717, 1.165) is 5.56 Å². The summed E-state index contributed by atoms with van der Waals surface area (Å²) in [6.07, 6.45) is 0. The van der Waals surface area contributed by atoms with Crippen molar-refractivity contribution < 1.29 is 9.47 Å². The maximum absolute atomic E-state index is 6.15. The highest BCUT2D eigenvalue weighted by Gasteiger charge is 2.09. The molecule has 0 bridgehead atoms. The number of halogens is 2. The maximum atomic E-state index is 6.15. The van der Waals surface area contributed by atoms with Crippen molar-refractivity contribution in [3.8, 4) is 17.2 Å². The number of aryl methyl sites for hydroxylation is 1. The van der Waals surface area contributed by atoms with E-state index in [1.807, 2.05) is 32.0 Å². The summed E-state index contributed by atoms with van der Waals surface area (Å²) in [6, 6.07) is 10.9. The fourth-order valence-electron chi connectivity index (χ4n) is 1.64. The van der Waals surface area contributed by atoms with Crippen LogP contribution in [0.3, 0.4) is 0 Å². The molecule has 0 amide bonds. The summed E-state index contributed by atoms with van der Waals surface area (Å²) in [4.78, 5) is 0. The first-order chi connectivity index (χ1) is 9.10. The van der Waals surface area contributed by atoms with Crippen LogP contribution in [0, 0.1) is 6.92 Å². The van der Waals surface area contributed by atoms with Gasteiger partial charge < -0.3 is 9.47 Å². The molecule has 0 N–H and O–H groups in total. The SMILES string of the molecule is CCOc1ccc(Cl)cc1Oc1ccc(C)cc1Cl. The Hall–Kier alpha value is -1.38. The molecule has 0 spiro atoms. The summed E-state index contributed by atoms with van der Waals surface area (Å²) < 4.78 is 11.3. The molecule has 2 aromatic carbocycles. The molecule has 0 radical (unpaired) electrons. The molecule has 0 heterocycles. The van der Waals surface area contributed by atoms with Gasteiger partial charge in [-0.05, 0) is 43.7 Å². The summed E-state index contributed by atoms with van der Waals surface area (Å²) in [7, 11) is 0. The summed E-state index contributed by atoms with van der Waals surface area (Å²) >= 11 is 12.1. The largest absolute Gasteiger partial charge is 0.490 e. The quantitative estimate of drug-likeness (QED) is 0.742. The topological polar surface area (TPSA) is 18.5 Å². The van der Waals surface area contributed by atoms with Crippen molar-refractivity contribution in [1.82, 2.24) is 0 Å². The summed E-state index contributed by atoms with van der Waals surface area (Å²) in [5.41, 5.74) is 1.08. The molecular formula is C15H14Cl2O2. The zero-order valence-electron chi connectivity index (χ0n) is 10.7. The van der Waals surface area contributed by atoms with Crippen molar-refractivity contribution in [2.45, 2.75) is 13.8 Å². The zero-order chi connectivity index (χ0) is 13.8. The van der Waals surface area contributed by atoms with Crippen LogP contribution in [0.25, 0.3) is 0 Å². The Bertz CT molecular complexity index is 582. The van der Waals surface area contributed by atoms with Gasteiger partial charge in [-0.25, -0.2) is 0 Å². The van der Waals surface area contributed by atoms with E-state index in [2.05, 4.69) is 0 Å². The summed E-state index contributed by atoms with van der Waals surface area (Å²) in [5.74, 6) is 1.78. The Kier molecular flexibility index (Phi) is 4.56. The van der Waals surface area contributed by atoms with Gasteiger partial charge in [0.25, 0.3) is 0 Å². The Balaban J connectivity index is 2.33. The number of rotatable bonds is 4. The maximum Gasteiger partial charge on any atom is 0.170 e. The standard InChI is InChI=1S/C15H14Cl2O2/c1-3-18-14-7-5-11(16)9-15(14)19-13-6-4-10(2)8-12(13)17/h4-9H,3H2,1-2H3. The van der Waals surface area contributed by atoms with Gasteiger partial charge in [0, 0.05) is 11.1 Å². The van der Waals surface area contributed by atoms with Crippen LogP contribution < -0.4 is 9.47 Å². The molecule has 0 saturated heterocycles. The van der Waals surface area contributed by atoms with Gasteiger partial charge in [0.1, 0.15) is 5.75 Å². The molecule has 0 aromatic heterocycles. The van der Waals surface area contributed by atoms with Crippen molar-refractivity contribution in [1.29, 1.82) is 0 Å². The van der Waals surface area contributed by atoms with Crippen LogP contribution in [0.1, 0.15) is 12.5 Å². The zero-order valence-corrected chi connectivity index (χ0v) is 12.3. The molecule has 4 heteroatoms. The molecule has 0 aliphatic rings. The molecule has 0 aliphatic carbocycles. The van der Waals surface area contributed by atoms with E-state index >= 15 is 0 Å². The first-order valence-electron chi connectivity index (χ1n) is 5.96. The Morgan fingerprint density at radius 2 is 1.68 bits per heavy atom. The van der Waals surface area contributed by atoms with Gasteiger partial charge in [0.15, 0.2) is 11.5 Å². The average molecular weight is 297 g/mol. The predicted octanol–water partition coefficient (Wildman–Crippen LogP) is 5.49. The van der Waals surface area contributed by atoms with Gasteiger partial charge in [0.05, 0.1) is 11.6 Å². The van der Waals surface area contributed by atoms with Crippen LogP contribution in [0.2, 0.25) is 10.0 Å². The van der Waals surface area contributed by atoms with Crippen LogP contribution >= 0.6 is 23.2 Å². The lowest BCUT2D eigenvalue weighted by Crippen LogP contribution is -1.95. The van der Waals surface area contributed by atoms with E-state index < -0.39 is 0 Å². The molecule has 0 atom stereocenters. The van der Waals surface area contributed by atoms with Crippen LogP contribution in [0.15, 0.2) is 36.4 Å². The third-order valence-corrected chi connectivity index (χ3v) is 3.04. The molecular weight excluding hydrogens is 283 g/mol. The molecule has 2 rings (SSSR count). The second-order valence-corrected chi connectivity index (χ2v) is 4.90. The van der Waals surface area contributed by atoms with Crippen molar-refractivity contribution in [2.75, 3.05) is 6.61 Å². The van der Waals surface area contributed by atoms with E-state index in [0.29, 0.717) is 33.9 Å². The number of benzene rings is 2. The lowest BCUT2D eigenvalue weighted by atomic mass is 10.2. The molecule has 0 fully saturated rings. The average Bonchev–Trinajstić information content (AvgIpc) is 2.36. The fourth-order valence-corrected chi connectivity index (χ4v) is 2.08. The van der Waals surface area contributed by atoms with Crippen molar-refractivity contribution >= 4 is 23.2 Å². The van der Waals surface area contributed by atoms with Gasteiger partial charge in [-0.3, -0.25) is 0 Å². The molecule has 0 unspecified atom stereocenters. The smallest absolute Gasteiger partial charge is 0.170 e. The minimum absolute atomic E-state index is 0.555. The minimum atomic E-state index is 0.555. The number of ether oxygens (including phenoxy) is 2. The van der Waals surface area contributed by atoms with Crippen molar-refractivity contribution in [3.05, 3.63) is 52.0 Å².